The van der Waals surface area contributed by atoms with Gasteiger partial charge in [0.2, 0.25) is 11.6 Å². The van der Waals surface area contributed by atoms with E-state index in [0.29, 0.717) is 55.3 Å². The van der Waals surface area contributed by atoms with E-state index >= 15 is 0 Å². The predicted molar refractivity (Wildman–Crippen MR) is 151 cm³/mol. The summed E-state index contributed by atoms with van der Waals surface area (Å²) in [4.78, 5) is 19.8. The molecule has 3 aromatic heterocycles. The van der Waals surface area contributed by atoms with Crippen molar-refractivity contribution in [3.63, 3.8) is 0 Å². The number of nitrogens with zero attached hydrogens (tertiary/aromatic N) is 8. The number of thioether (sulfide) groups is 1. The van der Waals surface area contributed by atoms with Crippen molar-refractivity contribution in [2.75, 3.05) is 39.1 Å². The SMILES string of the molecule is COc1ccc(/C=N\NC(=O)c2nnn(-c3nonc3N)c2CN2CCOCC2)cc1CSc1nc2ccccc2o1. The number of aromatic nitrogens is 6. The number of methoxy groups -OCH3 is 1. The zero-order valence-corrected chi connectivity index (χ0v) is 23.3. The number of benzene rings is 2. The minimum atomic E-state index is -0.545. The number of para-hydroxylation sites is 2. The van der Waals surface area contributed by atoms with E-state index in [2.05, 4.69) is 41.0 Å². The first-order valence-electron chi connectivity index (χ1n) is 12.9. The lowest BCUT2D eigenvalue weighted by molar-refractivity contribution is 0.0332. The highest BCUT2D eigenvalue weighted by Crippen LogP contribution is 2.30. The van der Waals surface area contributed by atoms with Crippen LogP contribution in [0, 0.1) is 0 Å². The molecule has 216 valence electrons. The molecule has 0 radical (unpaired) electrons. The number of nitrogen functional groups attached to an aromatic ring is 1. The van der Waals surface area contributed by atoms with E-state index in [4.69, 9.17) is 24.3 Å². The number of carbonyl (C=O) groups excluding carboxylic acids is 1. The molecule has 0 atom stereocenters. The molecule has 1 amide bonds. The molecular formula is C26H26N10O5S. The first-order chi connectivity index (χ1) is 20.6. The summed E-state index contributed by atoms with van der Waals surface area (Å²) in [6.45, 7) is 2.88. The molecule has 0 aliphatic carbocycles. The number of rotatable bonds is 10. The van der Waals surface area contributed by atoms with E-state index < -0.39 is 5.91 Å². The number of ether oxygens (including phenoxy) is 2. The summed E-state index contributed by atoms with van der Waals surface area (Å²) in [6.07, 6.45) is 1.54. The Kier molecular flexibility index (Phi) is 8.07. The molecule has 1 aliphatic rings. The number of anilines is 1. The van der Waals surface area contributed by atoms with Crippen molar-refractivity contribution in [3.05, 3.63) is 65.0 Å². The molecule has 16 heteroatoms. The number of amides is 1. The summed E-state index contributed by atoms with van der Waals surface area (Å²) < 4.78 is 22.8. The maximum absolute atomic E-state index is 13.2. The molecule has 1 fully saturated rings. The van der Waals surface area contributed by atoms with Crippen LogP contribution in [0.5, 0.6) is 5.75 Å². The van der Waals surface area contributed by atoms with Crippen LogP contribution in [0.25, 0.3) is 16.9 Å². The lowest BCUT2D eigenvalue weighted by Gasteiger charge is -2.26. The van der Waals surface area contributed by atoms with Gasteiger partial charge in [0.1, 0.15) is 11.3 Å². The normalized spacial score (nSPS) is 14.1. The number of nitrogens with one attached hydrogen (secondary N) is 1. The average molecular weight is 591 g/mol. The van der Waals surface area contributed by atoms with Gasteiger partial charge in [-0.2, -0.15) is 9.78 Å². The fourth-order valence-electron chi connectivity index (χ4n) is 4.36. The van der Waals surface area contributed by atoms with Gasteiger partial charge in [0.05, 0.1) is 32.2 Å². The third-order valence-corrected chi connectivity index (χ3v) is 7.34. The van der Waals surface area contributed by atoms with Gasteiger partial charge >= 0.3 is 0 Å². The standard InChI is InChI=1S/C26H26N10O5S/c1-38-20-7-6-16(12-17(20)15-42-26-29-18-4-2-3-5-21(18)40-26)13-28-31-25(37)22-19(14-35-8-10-39-11-9-35)36(34-30-22)24-23(27)32-41-33-24/h2-7,12-13H,8-11,14-15H2,1H3,(H2,27,32)(H,31,37)/b28-13-. The van der Waals surface area contributed by atoms with Crippen LogP contribution in [0.1, 0.15) is 27.3 Å². The van der Waals surface area contributed by atoms with Gasteiger partial charge in [-0.1, -0.05) is 29.1 Å². The number of fused-ring (bicyclic) bond motifs is 1. The summed E-state index contributed by atoms with van der Waals surface area (Å²) in [5.41, 5.74) is 12.2. The third-order valence-electron chi connectivity index (χ3n) is 6.46. The molecule has 0 saturated carbocycles. The molecule has 4 heterocycles. The van der Waals surface area contributed by atoms with E-state index in [1.807, 2.05) is 42.5 Å². The highest BCUT2D eigenvalue weighted by atomic mass is 32.2. The minimum Gasteiger partial charge on any atom is -0.496 e. The van der Waals surface area contributed by atoms with Gasteiger partial charge in [-0.15, -0.1) is 5.10 Å². The zero-order valence-electron chi connectivity index (χ0n) is 22.5. The van der Waals surface area contributed by atoms with Crippen LogP contribution in [0.2, 0.25) is 0 Å². The Morgan fingerprint density at radius 3 is 2.86 bits per heavy atom. The van der Waals surface area contributed by atoms with Crippen LogP contribution in [0.4, 0.5) is 5.82 Å². The second-order valence-corrected chi connectivity index (χ2v) is 10.1. The van der Waals surface area contributed by atoms with Crippen molar-refractivity contribution in [3.8, 4) is 11.6 Å². The highest BCUT2D eigenvalue weighted by Gasteiger charge is 2.26. The molecule has 6 rings (SSSR count). The molecule has 0 unspecified atom stereocenters. The van der Waals surface area contributed by atoms with Gasteiger partial charge in [0.15, 0.2) is 11.3 Å². The molecule has 1 aliphatic heterocycles. The monoisotopic (exact) mass is 590 g/mol. The van der Waals surface area contributed by atoms with Crippen molar-refractivity contribution < 1.29 is 23.3 Å². The summed E-state index contributed by atoms with van der Waals surface area (Å²) in [5, 5.41) is 20.3. The molecule has 0 spiro atoms. The Morgan fingerprint density at radius 2 is 2.07 bits per heavy atom. The quantitative estimate of drug-likeness (QED) is 0.137. The Labute approximate surface area is 243 Å². The van der Waals surface area contributed by atoms with Crippen LogP contribution in [-0.2, 0) is 17.0 Å². The lowest BCUT2D eigenvalue weighted by atomic mass is 10.1. The van der Waals surface area contributed by atoms with Crippen LogP contribution in [0.3, 0.4) is 0 Å². The Hall–Kier alpha value is -4.80. The molecule has 2 aromatic carbocycles. The Morgan fingerprint density at radius 1 is 1.21 bits per heavy atom. The molecule has 0 bridgehead atoms. The highest BCUT2D eigenvalue weighted by molar-refractivity contribution is 7.98. The topological polar surface area (TPSA) is 185 Å². The van der Waals surface area contributed by atoms with Crippen molar-refractivity contribution in [1.82, 2.24) is 40.6 Å². The first kappa shape index (κ1) is 27.4. The maximum Gasteiger partial charge on any atom is 0.293 e. The van der Waals surface area contributed by atoms with Crippen LogP contribution < -0.4 is 15.9 Å². The summed E-state index contributed by atoms with van der Waals surface area (Å²) in [5.74, 6) is 0.896. The van der Waals surface area contributed by atoms with E-state index in [1.165, 1.54) is 22.7 Å². The summed E-state index contributed by atoms with van der Waals surface area (Å²) in [6, 6.07) is 13.2. The number of morpholine rings is 1. The van der Waals surface area contributed by atoms with Crippen molar-refractivity contribution in [2.24, 2.45) is 5.10 Å². The molecular weight excluding hydrogens is 564 g/mol. The largest absolute Gasteiger partial charge is 0.496 e. The zero-order chi connectivity index (χ0) is 28.9. The van der Waals surface area contributed by atoms with Crippen molar-refractivity contribution in [1.29, 1.82) is 0 Å². The number of oxazole rings is 1. The van der Waals surface area contributed by atoms with Gasteiger partial charge in [-0.05, 0) is 46.2 Å². The smallest absolute Gasteiger partial charge is 0.293 e. The Bertz CT molecular complexity index is 1690. The first-order valence-corrected chi connectivity index (χ1v) is 13.9. The number of hydrogen-bond acceptors (Lipinski definition) is 14. The molecule has 15 nitrogen and oxygen atoms in total. The van der Waals surface area contributed by atoms with E-state index in [1.54, 1.807) is 7.11 Å². The second-order valence-electron chi connectivity index (χ2n) is 9.16. The van der Waals surface area contributed by atoms with Crippen molar-refractivity contribution >= 4 is 40.8 Å². The second kappa shape index (κ2) is 12.4. The van der Waals surface area contributed by atoms with Gasteiger partial charge < -0.3 is 19.6 Å². The minimum absolute atomic E-state index is 0.0256. The molecule has 5 aromatic rings. The van der Waals surface area contributed by atoms with E-state index in [9.17, 15) is 4.79 Å². The van der Waals surface area contributed by atoms with Crippen molar-refractivity contribution in [2.45, 2.75) is 17.5 Å². The lowest BCUT2D eigenvalue weighted by Crippen LogP contribution is -2.37. The molecule has 1 saturated heterocycles. The number of nitrogens with two attached hydrogens (primary N) is 1. The van der Waals surface area contributed by atoms with E-state index in [-0.39, 0.29) is 17.3 Å². The fourth-order valence-corrected chi connectivity index (χ4v) is 5.18. The Balaban J connectivity index is 1.16. The average Bonchev–Trinajstić information content (AvgIpc) is 3.74. The third kappa shape index (κ3) is 5.95. The van der Waals surface area contributed by atoms with Gasteiger partial charge in [0.25, 0.3) is 11.1 Å². The number of hydrazone groups is 1. The van der Waals surface area contributed by atoms with Gasteiger partial charge in [0, 0.05) is 31.0 Å². The fraction of sp³-hybridized carbons (Fsp3) is 0.269. The number of carbonyl (C=O) groups is 1. The van der Waals surface area contributed by atoms with Crippen LogP contribution in [-0.4, -0.2) is 80.7 Å². The summed E-state index contributed by atoms with van der Waals surface area (Å²) >= 11 is 1.45. The van der Waals surface area contributed by atoms with Gasteiger partial charge in [-0.25, -0.2) is 15.0 Å². The molecule has 3 N–H and O–H groups in total. The molecule has 42 heavy (non-hydrogen) atoms. The van der Waals surface area contributed by atoms with Crippen LogP contribution >= 0.6 is 11.8 Å². The van der Waals surface area contributed by atoms with E-state index in [0.717, 1.165) is 22.2 Å². The predicted octanol–water partition coefficient (Wildman–Crippen LogP) is 2.27. The number of hydrogen-bond donors (Lipinski definition) is 2. The summed E-state index contributed by atoms with van der Waals surface area (Å²) in [7, 11) is 1.61. The maximum atomic E-state index is 13.2. The van der Waals surface area contributed by atoms with Crippen LogP contribution in [0.15, 0.2) is 61.8 Å². The van der Waals surface area contributed by atoms with Gasteiger partial charge in [-0.3, -0.25) is 9.69 Å².